The van der Waals surface area contributed by atoms with Gasteiger partial charge in [-0.15, -0.1) is 10.2 Å². The Kier molecular flexibility index (Phi) is 3.53. The number of esters is 1. The van der Waals surface area contributed by atoms with Gasteiger partial charge in [-0.3, -0.25) is 4.79 Å². The van der Waals surface area contributed by atoms with Crippen molar-refractivity contribution in [1.29, 1.82) is 0 Å². The van der Waals surface area contributed by atoms with E-state index in [1.165, 1.54) is 32.8 Å². The van der Waals surface area contributed by atoms with Crippen LogP contribution in [0.15, 0.2) is 0 Å². The van der Waals surface area contributed by atoms with E-state index in [1.807, 2.05) is 0 Å². The number of ether oxygens (including phenoxy) is 1. The highest BCUT2D eigenvalue weighted by atomic mass is 16.5. The van der Waals surface area contributed by atoms with Crippen molar-refractivity contribution in [2.75, 3.05) is 7.11 Å². The maximum Gasteiger partial charge on any atom is 0.310 e. The highest BCUT2D eigenvalue weighted by Gasteiger charge is 2.29. The van der Waals surface area contributed by atoms with Gasteiger partial charge in [-0.1, -0.05) is 25.7 Å². The summed E-state index contributed by atoms with van der Waals surface area (Å²) in [5.74, 6) is 2.72. The number of fused-ring (bicyclic) bond motifs is 1. The standard InChI is InChI=1S/C14H21N3O2/c1-19-14(18)11-6-7-12-15-16-13(17(12)9-11)8-10-4-2-3-5-10/h10-11H,2-9H2,1H3. The van der Waals surface area contributed by atoms with Gasteiger partial charge in [-0.2, -0.15) is 0 Å². The van der Waals surface area contributed by atoms with Gasteiger partial charge in [0.1, 0.15) is 11.6 Å². The van der Waals surface area contributed by atoms with Crippen LogP contribution in [0.4, 0.5) is 0 Å². The van der Waals surface area contributed by atoms with Gasteiger partial charge in [0, 0.05) is 19.4 Å². The fraction of sp³-hybridized carbons (Fsp3) is 0.786. The molecule has 0 spiro atoms. The van der Waals surface area contributed by atoms with Crippen LogP contribution in [-0.2, 0) is 28.9 Å². The first kappa shape index (κ1) is 12.6. The first-order chi connectivity index (χ1) is 9.28. The van der Waals surface area contributed by atoms with Crippen LogP contribution in [0.25, 0.3) is 0 Å². The zero-order valence-corrected chi connectivity index (χ0v) is 11.5. The van der Waals surface area contributed by atoms with Gasteiger partial charge in [0.05, 0.1) is 13.0 Å². The first-order valence-electron chi connectivity index (χ1n) is 7.26. The van der Waals surface area contributed by atoms with Crippen LogP contribution in [0.3, 0.4) is 0 Å². The van der Waals surface area contributed by atoms with Gasteiger partial charge < -0.3 is 9.30 Å². The van der Waals surface area contributed by atoms with E-state index in [0.717, 1.165) is 36.8 Å². The quantitative estimate of drug-likeness (QED) is 0.780. The number of carbonyl (C=O) groups is 1. The molecule has 2 heterocycles. The lowest BCUT2D eigenvalue weighted by Gasteiger charge is -2.22. The van der Waals surface area contributed by atoms with E-state index < -0.39 is 0 Å². The van der Waals surface area contributed by atoms with Crippen LogP contribution >= 0.6 is 0 Å². The number of rotatable bonds is 3. The van der Waals surface area contributed by atoms with Crippen molar-refractivity contribution in [2.24, 2.45) is 11.8 Å². The molecule has 2 aliphatic rings. The predicted molar refractivity (Wildman–Crippen MR) is 69.5 cm³/mol. The van der Waals surface area contributed by atoms with E-state index in [2.05, 4.69) is 14.8 Å². The molecule has 5 heteroatoms. The summed E-state index contributed by atoms with van der Waals surface area (Å²) in [6, 6.07) is 0. The molecule has 1 atom stereocenters. The second-order valence-electron chi connectivity index (χ2n) is 5.76. The van der Waals surface area contributed by atoms with E-state index in [4.69, 9.17) is 4.74 Å². The number of aryl methyl sites for hydroxylation is 1. The molecule has 1 aromatic heterocycles. The lowest BCUT2D eigenvalue weighted by molar-refractivity contribution is -0.146. The molecule has 1 fully saturated rings. The lowest BCUT2D eigenvalue weighted by Crippen LogP contribution is -2.29. The molecule has 1 unspecified atom stereocenters. The zero-order valence-electron chi connectivity index (χ0n) is 11.5. The molecule has 0 radical (unpaired) electrons. The Balaban J connectivity index is 1.74. The second kappa shape index (κ2) is 5.31. The molecule has 5 nitrogen and oxygen atoms in total. The lowest BCUT2D eigenvalue weighted by atomic mass is 9.98. The van der Waals surface area contributed by atoms with Crippen LogP contribution < -0.4 is 0 Å². The maximum atomic E-state index is 11.7. The van der Waals surface area contributed by atoms with Crippen molar-refractivity contribution < 1.29 is 9.53 Å². The number of aromatic nitrogens is 3. The topological polar surface area (TPSA) is 57.0 Å². The van der Waals surface area contributed by atoms with E-state index in [1.54, 1.807) is 0 Å². The van der Waals surface area contributed by atoms with Crippen molar-refractivity contribution in [3.8, 4) is 0 Å². The van der Waals surface area contributed by atoms with Gasteiger partial charge >= 0.3 is 5.97 Å². The molecular formula is C14H21N3O2. The Bertz CT molecular complexity index is 463. The Hall–Kier alpha value is -1.39. The average molecular weight is 263 g/mol. The summed E-state index contributed by atoms with van der Waals surface area (Å²) in [5.41, 5.74) is 0. The Morgan fingerprint density at radius 1 is 1.32 bits per heavy atom. The molecule has 0 N–H and O–H groups in total. The number of hydrogen-bond donors (Lipinski definition) is 0. The monoisotopic (exact) mass is 263 g/mol. The highest BCUT2D eigenvalue weighted by Crippen LogP contribution is 2.29. The predicted octanol–water partition coefficient (Wildman–Crippen LogP) is 1.75. The average Bonchev–Trinajstić information content (AvgIpc) is 3.08. The Morgan fingerprint density at radius 3 is 2.84 bits per heavy atom. The number of methoxy groups -OCH3 is 1. The summed E-state index contributed by atoms with van der Waals surface area (Å²) < 4.78 is 7.02. The van der Waals surface area contributed by atoms with E-state index >= 15 is 0 Å². The summed E-state index contributed by atoms with van der Waals surface area (Å²) in [7, 11) is 1.46. The molecule has 1 aromatic rings. The fourth-order valence-corrected chi connectivity index (χ4v) is 3.37. The van der Waals surface area contributed by atoms with Crippen LogP contribution in [0.5, 0.6) is 0 Å². The van der Waals surface area contributed by atoms with E-state index in [9.17, 15) is 4.79 Å². The van der Waals surface area contributed by atoms with Gasteiger partial charge in [-0.25, -0.2) is 0 Å². The second-order valence-corrected chi connectivity index (χ2v) is 5.76. The first-order valence-corrected chi connectivity index (χ1v) is 7.26. The molecule has 1 aliphatic heterocycles. The SMILES string of the molecule is COC(=O)C1CCc2nnc(CC3CCCC3)n2C1. The molecule has 0 saturated heterocycles. The largest absolute Gasteiger partial charge is 0.469 e. The van der Waals surface area contributed by atoms with Gasteiger partial charge in [-0.05, 0) is 12.3 Å². The van der Waals surface area contributed by atoms with E-state index in [-0.39, 0.29) is 11.9 Å². The minimum atomic E-state index is -0.105. The molecule has 19 heavy (non-hydrogen) atoms. The van der Waals surface area contributed by atoms with Crippen molar-refractivity contribution in [3.63, 3.8) is 0 Å². The van der Waals surface area contributed by atoms with E-state index in [0.29, 0.717) is 6.54 Å². The fourth-order valence-electron chi connectivity index (χ4n) is 3.37. The van der Waals surface area contributed by atoms with Crippen LogP contribution in [-0.4, -0.2) is 27.8 Å². The number of nitrogens with zero attached hydrogens (tertiary/aromatic N) is 3. The summed E-state index contributed by atoms with van der Waals surface area (Å²) in [4.78, 5) is 11.7. The molecule has 0 amide bonds. The van der Waals surface area contributed by atoms with Crippen LogP contribution in [0.2, 0.25) is 0 Å². The van der Waals surface area contributed by atoms with Crippen LogP contribution in [0, 0.1) is 11.8 Å². The summed E-state index contributed by atoms with van der Waals surface area (Å²) in [5, 5.41) is 8.62. The number of hydrogen-bond acceptors (Lipinski definition) is 4. The van der Waals surface area contributed by atoms with Crippen LogP contribution in [0.1, 0.15) is 43.8 Å². The van der Waals surface area contributed by atoms with Crippen molar-refractivity contribution in [3.05, 3.63) is 11.6 Å². The third kappa shape index (κ3) is 2.51. The molecule has 1 saturated carbocycles. The zero-order chi connectivity index (χ0) is 13.2. The summed E-state index contributed by atoms with van der Waals surface area (Å²) in [6.07, 6.45) is 7.98. The molecule has 104 valence electrons. The molecule has 3 rings (SSSR count). The van der Waals surface area contributed by atoms with Gasteiger partial charge in [0.25, 0.3) is 0 Å². The maximum absolute atomic E-state index is 11.7. The molecule has 0 aromatic carbocycles. The van der Waals surface area contributed by atoms with Crippen molar-refractivity contribution in [1.82, 2.24) is 14.8 Å². The third-order valence-corrected chi connectivity index (χ3v) is 4.50. The molecular weight excluding hydrogens is 242 g/mol. The molecule has 0 bridgehead atoms. The Labute approximate surface area is 113 Å². The minimum Gasteiger partial charge on any atom is -0.469 e. The smallest absolute Gasteiger partial charge is 0.310 e. The highest BCUT2D eigenvalue weighted by molar-refractivity contribution is 5.72. The minimum absolute atomic E-state index is 0.0316. The van der Waals surface area contributed by atoms with Gasteiger partial charge in [0.2, 0.25) is 0 Å². The summed E-state index contributed by atoms with van der Waals surface area (Å²) in [6.45, 7) is 0.692. The Morgan fingerprint density at radius 2 is 2.11 bits per heavy atom. The van der Waals surface area contributed by atoms with Gasteiger partial charge in [0.15, 0.2) is 0 Å². The normalized spacial score (nSPS) is 23.3. The molecule has 1 aliphatic carbocycles. The van der Waals surface area contributed by atoms with Crippen molar-refractivity contribution in [2.45, 2.75) is 51.5 Å². The summed E-state index contributed by atoms with van der Waals surface area (Å²) >= 11 is 0. The number of carbonyl (C=O) groups excluding carboxylic acids is 1. The third-order valence-electron chi connectivity index (χ3n) is 4.50. The van der Waals surface area contributed by atoms with Crippen molar-refractivity contribution >= 4 is 5.97 Å².